The molecule has 0 saturated heterocycles. The lowest BCUT2D eigenvalue weighted by atomic mass is 9.84. The summed E-state index contributed by atoms with van der Waals surface area (Å²) in [5.41, 5.74) is 0.890. The van der Waals surface area contributed by atoms with E-state index in [4.69, 9.17) is 4.52 Å². The lowest BCUT2D eigenvalue weighted by Gasteiger charge is -2.28. The summed E-state index contributed by atoms with van der Waals surface area (Å²) in [5.74, 6) is 1.51. The van der Waals surface area contributed by atoms with Crippen molar-refractivity contribution >= 4 is 21.8 Å². The minimum atomic E-state index is -0.236. The molecule has 6 heteroatoms. The van der Waals surface area contributed by atoms with E-state index in [1.165, 1.54) is 0 Å². The number of rotatable bonds is 6. The van der Waals surface area contributed by atoms with Gasteiger partial charge in [-0.15, -0.1) is 0 Å². The highest BCUT2D eigenvalue weighted by molar-refractivity contribution is 9.10. The number of benzene rings is 1. The number of hydrogen-bond acceptors (Lipinski definition) is 4. The smallest absolute Gasteiger partial charge is 0.249 e. The van der Waals surface area contributed by atoms with Crippen LogP contribution in [0.1, 0.15) is 51.5 Å². The molecule has 1 amide bonds. The molecular formula is C18H22BrN3O2. The average molecular weight is 392 g/mol. The molecule has 0 unspecified atom stereocenters. The second-order valence-corrected chi connectivity index (χ2v) is 7.38. The van der Waals surface area contributed by atoms with E-state index in [1.807, 2.05) is 24.3 Å². The summed E-state index contributed by atoms with van der Waals surface area (Å²) in [6.07, 6.45) is 4.02. The number of carbonyl (C=O) groups is 1. The van der Waals surface area contributed by atoms with Crippen LogP contribution in [-0.2, 0) is 4.79 Å². The monoisotopic (exact) mass is 391 g/mol. The summed E-state index contributed by atoms with van der Waals surface area (Å²) in [7, 11) is 0. The highest BCUT2D eigenvalue weighted by Gasteiger charge is 2.31. The van der Waals surface area contributed by atoms with Crippen LogP contribution < -0.4 is 5.32 Å². The van der Waals surface area contributed by atoms with Gasteiger partial charge in [-0.1, -0.05) is 47.8 Å². The average Bonchev–Trinajstić information content (AvgIpc) is 3.00. The molecule has 1 aromatic carbocycles. The Morgan fingerprint density at radius 1 is 1.38 bits per heavy atom. The van der Waals surface area contributed by atoms with Crippen molar-refractivity contribution in [3.8, 4) is 11.4 Å². The minimum absolute atomic E-state index is 0.106. The highest BCUT2D eigenvalue weighted by atomic mass is 79.9. The van der Waals surface area contributed by atoms with Crippen LogP contribution in [-0.4, -0.2) is 16.0 Å². The number of nitrogens with one attached hydrogen (secondary N) is 1. The zero-order valence-corrected chi connectivity index (χ0v) is 15.5. The van der Waals surface area contributed by atoms with Gasteiger partial charge in [-0.3, -0.25) is 4.79 Å². The lowest BCUT2D eigenvalue weighted by molar-refractivity contribution is -0.128. The molecule has 128 valence electrons. The molecule has 1 aliphatic carbocycles. The summed E-state index contributed by atoms with van der Waals surface area (Å²) in [6, 6.07) is 7.51. The molecule has 1 aromatic heterocycles. The Hall–Kier alpha value is -1.69. The third-order valence-corrected chi connectivity index (χ3v) is 5.33. The number of amides is 1. The van der Waals surface area contributed by atoms with Crippen LogP contribution in [0.3, 0.4) is 0 Å². The van der Waals surface area contributed by atoms with E-state index < -0.39 is 0 Å². The Morgan fingerprint density at radius 3 is 2.67 bits per heavy atom. The van der Waals surface area contributed by atoms with Gasteiger partial charge in [-0.25, -0.2) is 0 Å². The zero-order chi connectivity index (χ0) is 17.1. The topological polar surface area (TPSA) is 68.0 Å². The predicted octanol–water partition coefficient (Wildman–Crippen LogP) is 4.50. The van der Waals surface area contributed by atoms with Crippen LogP contribution in [0, 0.1) is 11.8 Å². The maximum absolute atomic E-state index is 12.3. The maximum Gasteiger partial charge on any atom is 0.249 e. The van der Waals surface area contributed by atoms with E-state index in [0.29, 0.717) is 11.7 Å². The third kappa shape index (κ3) is 3.69. The summed E-state index contributed by atoms with van der Waals surface area (Å²) in [5, 5.41) is 7.20. The minimum Gasteiger partial charge on any atom is -0.344 e. The second kappa shape index (κ2) is 7.47. The predicted molar refractivity (Wildman–Crippen MR) is 95.1 cm³/mol. The van der Waals surface area contributed by atoms with Gasteiger partial charge in [-0.2, -0.15) is 4.98 Å². The molecule has 0 spiro atoms. The first-order chi connectivity index (χ1) is 11.6. The Labute approximate surface area is 150 Å². The Balaban J connectivity index is 1.79. The molecule has 1 saturated carbocycles. The second-order valence-electron chi connectivity index (χ2n) is 6.46. The number of hydrogen-bond donors (Lipinski definition) is 1. The first-order valence-electron chi connectivity index (χ1n) is 8.48. The summed E-state index contributed by atoms with van der Waals surface area (Å²) in [6.45, 7) is 4.19. The van der Waals surface area contributed by atoms with Gasteiger partial charge in [0.05, 0.1) is 0 Å². The normalized spacial score (nSPS) is 17.1. The SMILES string of the molecule is CC[C@H](C)[C@@H](NC(=O)C1CCC1)c1nc(-c2ccc(Br)cc2)no1. The zero-order valence-electron chi connectivity index (χ0n) is 14.0. The van der Waals surface area contributed by atoms with E-state index in [-0.39, 0.29) is 23.8 Å². The fraction of sp³-hybridized carbons (Fsp3) is 0.500. The number of nitrogens with zero attached hydrogens (tertiary/aromatic N) is 2. The molecule has 0 aliphatic heterocycles. The maximum atomic E-state index is 12.3. The largest absolute Gasteiger partial charge is 0.344 e. The van der Waals surface area contributed by atoms with Gasteiger partial charge in [0, 0.05) is 16.0 Å². The number of aromatic nitrogens is 2. The fourth-order valence-electron chi connectivity index (χ4n) is 2.70. The van der Waals surface area contributed by atoms with Gasteiger partial charge >= 0.3 is 0 Å². The molecule has 2 atom stereocenters. The van der Waals surface area contributed by atoms with Crippen molar-refractivity contribution < 1.29 is 9.32 Å². The Morgan fingerprint density at radius 2 is 2.08 bits per heavy atom. The van der Waals surface area contributed by atoms with Gasteiger partial charge in [0.15, 0.2) is 0 Å². The lowest BCUT2D eigenvalue weighted by Crippen LogP contribution is -2.39. The molecule has 1 fully saturated rings. The van der Waals surface area contributed by atoms with Gasteiger partial charge in [-0.05, 0) is 43.0 Å². The van der Waals surface area contributed by atoms with E-state index in [9.17, 15) is 4.79 Å². The van der Waals surface area contributed by atoms with Crippen molar-refractivity contribution in [3.63, 3.8) is 0 Å². The van der Waals surface area contributed by atoms with E-state index in [0.717, 1.165) is 35.7 Å². The van der Waals surface area contributed by atoms with Crippen LogP contribution in [0.2, 0.25) is 0 Å². The number of carbonyl (C=O) groups excluding carboxylic acids is 1. The van der Waals surface area contributed by atoms with Crippen LogP contribution in [0.5, 0.6) is 0 Å². The molecule has 2 aromatic rings. The molecule has 0 bridgehead atoms. The third-order valence-electron chi connectivity index (χ3n) is 4.80. The van der Waals surface area contributed by atoms with Crippen molar-refractivity contribution in [1.29, 1.82) is 0 Å². The summed E-state index contributed by atoms with van der Waals surface area (Å²) < 4.78 is 6.48. The van der Waals surface area contributed by atoms with E-state index >= 15 is 0 Å². The number of halogens is 1. The first-order valence-corrected chi connectivity index (χ1v) is 9.27. The molecule has 1 aliphatic rings. The van der Waals surface area contributed by atoms with Gasteiger partial charge in [0.25, 0.3) is 0 Å². The van der Waals surface area contributed by atoms with Crippen LogP contribution in [0.25, 0.3) is 11.4 Å². The molecular weight excluding hydrogens is 370 g/mol. The quantitative estimate of drug-likeness (QED) is 0.786. The van der Waals surface area contributed by atoms with Crippen molar-refractivity contribution in [2.24, 2.45) is 11.8 Å². The van der Waals surface area contributed by atoms with Crippen molar-refractivity contribution in [3.05, 3.63) is 34.6 Å². The van der Waals surface area contributed by atoms with Crippen LogP contribution in [0.4, 0.5) is 0 Å². The van der Waals surface area contributed by atoms with Gasteiger partial charge < -0.3 is 9.84 Å². The molecule has 24 heavy (non-hydrogen) atoms. The fourth-order valence-corrected chi connectivity index (χ4v) is 2.97. The summed E-state index contributed by atoms with van der Waals surface area (Å²) >= 11 is 3.42. The van der Waals surface area contributed by atoms with Crippen molar-refractivity contribution in [2.45, 2.75) is 45.6 Å². The van der Waals surface area contributed by atoms with Crippen LogP contribution in [0.15, 0.2) is 33.3 Å². The Bertz CT molecular complexity index is 695. The molecule has 3 rings (SSSR count). The molecule has 1 N–H and O–H groups in total. The standard InChI is InChI=1S/C18H22BrN3O2/c1-3-11(2)15(20-17(23)13-5-4-6-13)18-21-16(22-24-18)12-7-9-14(19)10-8-12/h7-11,13,15H,3-6H2,1-2H3,(H,20,23)/t11-,15+/m0/s1. The van der Waals surface area contributed by atoms with Crippen molar-refractivity contribution in [2.75, 3.05) is 0 Å². The summed E-state index contributed by atoms with van der Waals surface area (Å²) in [4.78, 5) is 16.9. The highest BCUT2D eigenvalue weighted by Crippen LogP contribution is 2.30. The van der Waals surface area contributed by atoms with Crippen LogP contribution >= 0.6 is 15.9 Å². The van der Waals surface area contributed by atoms with Gasteiger partial charge in [0.2, 0.25) is 17.6 Å². The van der Waals surface area contributed by atoms with E-state index in [1.54, 1.807) is 0 Å². The molecule has 1 heterocycles. The van der Waals surface area contributed by atoms with Gasteiger partial charge in [0.1, 0.15) is 6.04 Å². The Kier molecular flexibility index (Phi) is 5.33. The molecule has 0 radical (unpaired) electrons. The van der Waals surface area contributed by atoms with Crippen molar-refractivity contribution in [1.82, 2.24) is 15.5 Å². The molecule has 5 nitrogen and oxygen atoms in total. The first kappa shape index (κ1) is 17.1. The van der Waals surface area contributed by atoms with E-state index in [2.05, 4.69) is 45.2 Å².